The van der Waals surface area contributed by atoms with E-state index in [-0.39, 0.29) is 0 Å². The van der Waals surface area contributed by atoms with Gasteiger partial charge in [0.15, 0.2) is 0 Å². The number of hydrogen-bond donors (Lipinski definition) is 0. The quantitative estimate of drug-likeness (QED) is 0.678. The molecule has 5 heteroatoms. The molecular formula is C14H14N4S. The summed E-state index contributed by atoms with van der Waals surface area (Å²) in [6, 6.07) is 0. The number of rotatable bonds is 1. The van der Waals surface area contributed by atoms with Crippen LogP contribution in [0, 0.1) is 20.8 Å². The Bertz CT molecular complexity index is 817. The molecule has 0 saturated heterocycles. The van der Waals surface area contributed by atoms with Gasteiger partial charge in [0.2, 0.25) is 0 Å². The number of hydrogen-bond acceptors (Lipinski definition) is 5. The van der Waals surface area contributed by atoms with E-state index < -0.39 is 0 Å². The average molecular weight is 270 g/mol. The predicted molar refractivity (Wildman–Crippen MR) is 79.4 cm³/mol. The van der Waals surface area contributed by atoms with Crippen LogP contribution in [0.15, 0.2) is 6.08 Å². The maximum atomic E-state index is 4.71. The predicted octanol–water partition coefficient (Wildman–Crippen LogP) is 3.59. The van der Waals surface area contributed by atoms with E-state index in [1.54, 1.807) is 0 Å². The van der Waals surface area contributed by atoms with Gasteiger partial charge in [-0.3, -0.25) is 0 Å². The highest BCUT2D eigenvalue weighted by Gasteiger charge is 2.16. The van der Waals surface area contributed by atoms with Crippen molar-refractivity contribution in [1.82, 2.24) is 18.7 Å². The molecule has 3 aromatic rings. The van der Waals surface area contributed by atoms with Crippen LogP contribution in [0.3, 0.4) is 0 Å². The Morgan fingerprint density at radius 1 is 0.842 bits per heavy atom. The number of benzene rings is 1. The highest BCUT2D eigenvalue weighted by Crippen LogP contribution is 2.30. The number of allylic oxidation sites excluding steroid dienone is 1. The largest absolute Gasteiger partial charge is 0.249 e. The summed E-state index contributed by atoms with van der Waals surface area (Å²) in [7, 11) is 0. The standard InChI is InChI=1S/C14H14N4S/c1-5-6-10-13-11(15-8(3)9(4)16-13)7(2)12-14(10)18-19-17-12/h5-6H,1-4H3. The molecule has 19 heavy (non-hydrogen) atoms. The molecular weight excluding hydrogens is 256 g/mol. The van der Waals surface area contributed by atoms with Gasteiger partial charge in [0.25, 0.3) is 0 Å². The van der Waals surface area contributed by atoms with Gasteiger partial charge in [0.05, 0.1) is 34.1 Å². The van der Waals surface area contributed by atoms with Crippen molar-refractivity contribution in [3.8, 4) is 0 Å². The Labute approximate surface area is 115 Å². The Balaban J connectivity index is 2.61. The van der Waals surface area contributed by atoms with Crippen molar-refractivity contribution in [1.29, 1.82) is 0 Å². The molecule has 4 nitrogen and oxygen atoms in total. The van der Waals surface area contributed by atoms with E-state index in [2.05, 4.69) is 13.7 Å². The molecule has 1 aromatic carbocycles. The molecule has 3 rings (SSSR count). The fourth-order valence-corrected chi connectivity index (χ4v) is 2.82. The summed E-state index contributed by atoms with van der Waals surface area (Å²) in [6.07, 6.45) is 4.04. The molecule has 0 radical (unpaired) electrons. The Morgan fingerprint density at radius 2 is 1.47 bits per heavy atom. The normalized spacial score (nSPS) is 12.0. The molecule has 0 aliphatic rings. The first-order chi connectivity index (χ1) is 9.13. The Kier molecular flexibility index (Phi) is 2.78. The molecule has 2 aromatic heterocycles. The summed E-state index contributed by atoms with van der Waals surface area (Å²) in [5, 5.41) is 0. The molecule has 0 fully saturated rings. The highest BCUT2D eigenvalue weighted by atomic mass is 32.1. The fourth-order valence-electron chi connectivity index (χ4n) is 2.21. The van der Waals surface area contributed by atoms with Gasteiger partial charge in [0.1, 0.15) is 11.0 Å². The number of aromatic nitrogens is 4. The third kappa shape index (κ3) is 1.73. The van der Waals surface area contributed by atoms with Crippen LogP contribution in [0.25, 0.3) is 28.1 Å². The lowest BCUT2D eigenvalue weighted by atomic mass is 10.0. The molecule has 0 unspecified atom stereocenters. The molecule has 0 spiro atoms. The van der Waals surface area contributed by atoms with E-state index >= 15 is 0 Å². The zero-order valence-corrected chi connectivity index (χ0v) is 12.2. The molecule has 0 atom stereocenters. The lowest BCUT2D eigenvalue weighted by Gasteiger charge is -2.08. The molecule has 0 amide bonds. The van der Waals surface area contributed by atoms with Gasteiger partial charge in [-0.1, -0.05) is 12.2 Å². The number of aryl methyl sites for hydroxylation is 3. The Hall–Kier alpha value is -1.88. The summed E-state index contributed by atoms with van der Waals surface area (Å²) < 4.78 is 8.80. The zero-order valence-electron chi connectivity index (χ0n) is 11.4. The number of nitrogens with zero attached hydrogens (tertiary/aromatic N) is 4. The lowest BCUT2D eigenvalue weighted by Crippen LogP contribution is -1.98. The van der Waals surface area contributed by atoms with Crippen molar-refractivity contribution >= 4 is 39.9 Å². The van der Waals surface area contributed by atoms with E-state index in [4.69, 9.17) is 4.98 Å². The SMILES string of the molecule is CC=Cc1c2nsnc2c(C)c2nc(C)c(C)nc12. The third-order valence-corrected chi connectivity index (χ3v) is 3.88. The van der Waals surface area contributed by atoms with E-state index in [0.29, 0.717) is 0 Å². The molecule has 0 aliphatic heterocycles. The molecule has 0 bridgehead atoms. The zero-order chi connectivity index (χ0) is 13.6. The molecule has 0 saturated carbocycles. The second kappa shape index (κ2) is 4.35. The first-order valence-corrected chi connectivity index (χ1v) is 6.89. The summed E-state index contributed by atoms with van der Waals surface area (Å²) in [5.41, 5.74) is 7.69. The van der Waals surface area contributed by atoms with Crippen molar-refractivity contribution in [3.05, 3.63) is 28.6 Å². The summed E-state index contributed by atoms with van der Waals surface area (Å²) in [6.45, 7) is 8.00. The van der Waals surface area contributed by atoms with Crippen LogP contribution < -0.4 is 0 Å². The summed E-state index contributed by atoms with van der Waals surface area (Å²) in [5.74, 6) is 0. The van der Waals surface area contributed by atoms with Crippen molar-refractivity contribution in [2.24, 2.45) is 0 Å². The average Bonchev–Trinajstić information content (AvgIpc) is 2.86. The minimum absolute atomic E-state index is 0.916. The van der Waals surface area contributed by atoms with Crippen LogP contribution >= 0.6 is 11.7 Å². The van der Waals surface area contributed by atoms with Gasteiger partial charge < -0.3 is 0 Å². The van der Waals surface area contributed by atoms with E-state index in [1.165, 1.54) is 11.7 Å². The summed E-state index contributed by atoms with van der Waals surface area (Å²) in [4.78, 5) is 9.40. The first-order valence-electron chi connectivity index (χ1n) is 6.16. The van der Waals surface area contributed by atoms with Crippen molar-refractivity contribution < 1.29 is 0 Å². The van der Waals surface area contributed by atoms with Crippen molar-refractivity contribution in [2.45, 2.75) is 27.7 Å². The second-order valence-electron chi connectivity index (χ2n) is 4.59. The van der Waals surface area contributed by atoms with Crippen LogP contribution in [0.2, 0.25) is 0 Å². The monoisotopic (exact) mass is 270 g/mol. The van der Waals surface area contributed by atoms with E-state index in [0.717, 1.165) is 44.6 Å². The van der Waals surface area contributed by atoms with Crippen molar-refractivity contribution in [3.63, 3.8) is 0 Å². The maximum Gasteiger partial charge on any atom is 0.114 e. The third-order valence-electron chi connectivity index (χ3n) is 3.35. The smallest absolute Gasteiger partial charge is 0.114 e. The minimum atomic E-state index is 0.916. The van der Waals surface area contributed by atoms with Crippen molar-refractivity contribution in [2.75, 3.05) is 0 Å². The lowest BCUT2D eigenvalue weighted by molar-refractivity contribution is 1.10. The van der Waals surface area contributed by atoms with Crippen LogP contribution in [-0.4, -0.2) is 18.7 Å². The fraction of sp³-hybridized carbons (Fsp3) is 0.286. The van der Waals surface area contributed by atoms with Crippen LogP contribution in [0.1, 0.15) is 29.4 Å². The number of fused-ring (bicyclic) bond motifs is 2. The van der Waals surface area contributed by atoms with Gasteiger partial charge in [-0.25, -0.2) is 9.97 Å². The van der Waals surface area contributed by atoms with Gasteiger partial charge >= 0.3 is 0 Å². The van der Waals surface area contributed by atoms with Gasteiger partial charge in [-0.15, -0.1) is 0 Å². The highest BCUT2D eigenvalue weighted by molar-refractivity contribution is 7.00. The van der Waals surface area contributed by atoms with Crippen LogP contribution in [0.4, 0.5) is 0 Å². The van der Waals surface area contributed by atoms with E-state index in [1.807, 2.05) is 39.8 Å². The van der Waals surface area contributed by atoms with Gasteiger partial charge in [-0.2, -0.15) is 8.75 Å². The van der Waals surface area contributed by atoms with Crippen LogP contribution in [-0.2, 0) is 0 Å². The maximum absolute atomic E-state index is 4.71. The van der Waals surface area contributed by atoms with Gasteiger partial charge in [-0.05, 0) is 27.7 Å². The summed E-state index contributed by atoms with van der Waals surface area (Å²) >= 11 is 1.24. The Morgan fingerprint density at radius 3 is 2.16 bits per heavy atom. The molecule has 0 aliphatic carbocycles. The minimum Gasteiger partial charge on any atom is -0.249 e. The molecule has 96 valence electrons. The van der Waals surface area contributed by atoms with E-state index in [9.17, 15) is 0 Å². The second-order valence-corrected chi connectivity index (χ2v) is 5.12. The first kappa shape index (κ1) is 12.2. The van der Waals surface area contributed by atoms with Gasteiger partial charge in [0, 0.05) is 11.1 Å². The molecule has 2 heterocycles. The van der Waals surface area contributed by atoms with Crippen LogP contribution in [0.5, 0.6) is 0 Å². The molecule has 0 N–H and O–H groups in total. The topological polar surface area (TPSA) is 51.6 Å².